The first-order chi connectivity index (χ1) is 11.7. The Morgan fingerprint density at radius 2 is 1.76 bits per heavy atom. The van der Waals surface area contributed by atoms with E-state index in [1.54, 1.807) is 0 Å². The van der Waals surface area contributed by atoms with Gasteiger partial charge in [0, 0.05) is 25.2 Å². The first kappa shape index (κ1) is 20.9. The second-order valence-corrected chi connectivity index (χ2v) is 7.75. The monoisotopic (exact) mass is 371 g/mol. The number of hydrogen-bond acceptors (Lipinski definition) is 4. The highest BCUT2D eigenvalue weighted by atomic mass is 32.2. The molecular weight excluding hydrogens is 346 g/mol. The number of benzene rings is 1. The zero-order valence-electron chi connectivity index (χ0n) is 14.4. The van der Waals surface area contributed by atoms with Crippen molar-refractivity contribution in [2.45, 2.75) is 38.0 Å². The third kappa shape index (κ3) is 8.50. The largest absolute Gasteiger partial charge is 0.481 e. The minimum atomic E-state index is -3.56. The molecule has 0 spiro atoms. The van der Waals surface area contributed by atoms with E-state index in [2.05, 4.69) is 15.4 Å². The van der Waals surface area contributed by atoms with Crippen molar-refractivity contribution < 1.29 is 23.1 Å². The Labute approximate surface area is 148 Å². The molecule has 25 heavy (non-hydrogen) atoms. The van der Waals surface area contributed by atoms with Crippen molar-refractivity contribution in [3.8, 4) is 0 Å². The molecule has 0 aliphatic heterocycles. The van der Waals surface area contributed by atoms with Crippen LogP contribution in [0.3, 0.4) is 0 Å². The highest BCUT2D eigenvalue weighted by Crippen LogP contribution is 2.14. The topological polar surface area (TPSA) is 125 Å². The Bertz CT molecular complexity index is 672. The number of hydrogen-bond donors (Lipinski definition) is 4. The maximum absolute atomic E-state index is 12.1. The Balaban J connectivity index is 2.49. The Morgan fingerprint density at radius 1 is 1.12 bits per heavy atom. The second-order valence-electron chi connectivity index (χ2n) is 5.98. The lowest BCUT2D eigenvalue weighted by atomic mass is 10.1. The van der Waals surface area contributed by atoms with E-state index in [0.29, 0.717) is 24.6 Å². The number of carboxylic acids is 1. The number of anilines is 1. The maximum atomic E-state index is 12.1. The third-order valence-corrected chi connectivity index (χ3v) is 4.77. The molecule has 140 valence electrons. The van der Waals surface area contributed by atoms with Crippen LogP contribution in [0.2, 0.25) is 0 Å². The fourth-order valence-electron chi connectivity index (χ4n) is 1.90. The maximum Gasteiger partial charge on any atom is 0.319 e. The quantitative estimate of drug-likeness (QED) is 0.468. The van der Waals surface area contributed by atoms with Crippen LogP contribution in [-0.4, -0.2) is 38.6 Å². The summed E-state index contributed by atoms with van der Waals surface area (Å²) in [5.74, 6) is -0.510. The third-order valence-electron chi connectivity index (χ3n) is 3.29. The molecule has 0 aromatic heterocycles. The molecule has 0 radical (unpaired) electrons. The molecule has 0 atom stereocenters. The number of amides is 2. The number of sulfonamides is 1. The molecule has 8 nitrogen and oxygen atoms in total. The van der Waals surface area contributed by atoms with Crippen molar-refractivity contribution in [3.05, 3.63) is 24.3 Å². The summed E-state index contributed by atoms with van der Waals surface area (Å²) >= 11 is 0. The van der Waals surface area contributed by atoms with Gasteiger partial charge in [0.15, 0.2) is 0 Å². The zero-order valence-corrected chi connectivity index (χ0v) is 15.2. The fourth-order valence-corrected chi connectivity index (χ4v) is 2.95. The molecule has 0 heterocycles. The van der Waals surface area contributed by atoms with Gasteiger partial charge in [0.2, 0.25) is 10.0 Å². The standard InChI is InChI=1S/C16H25N3O5S/c1-12(2)9-11-18-25(23,24)14-7-5-13(6-8-14)19-16(22)17-10-3-4-15(20)21/h5-8,12,18H,3-4,9-11H2,1-2H3,(H,20,21)(H2,17,19,22). The number of nitrogens with one attached hydrogen (secondary N) is 3. The van der Waals surface area contributed by atoms with Gasteiger partial charge in [0.25, 0.3) is 0 Å². The number of carbonyl (C=O) groups is 2. The van der Waals surface area contributed by atoms with E-state index in [0.717, 1.165) is 6.42 Å². The van der Waals surface area contributed by atoms with Crippen molar-refractivity contribution in [3.63, 3.8) is 0 Å². The minimum Gasteiger partial charge on any atom is -0.481 e. The smallest absolute Gasteiger partial charge is 0.319 e. The van der Waals surface area contributed by atoms with Crippen molar-refractivity contribution in [2.24, 2.45) is 5.92 Å². The van der Waals surface area contributed by atoms with Crippen LogP contribution >= 0.6 is 0 Å². The lowest BCUT2D eigenvalue weighted by molar-refractivity contribution is -0.137. The molecule has 0 bridgehead atoms. The molecule has 0 aliphatic carbocycles. The Kier molecular flexibility index (Phi) is 8.36. The van der Waals surface area contributed by atoms with Crippen molar-refractivity contribution in [1.82, 2.24) is 10.0 Å². The van der Waals surface area contributed by atoms with E-state index in [1.165, 1.54) is 24.3 Å². The first-order valence-electron chi connectivity index (χ1n) is 8.07. The molecule has 4 N–H and O–H groups in total. The van der Waals surface area contributed by atoms with E-state index in [-0.39, 0.29) is 17.9 Å². The van der Waals surface area contributed by atoms with Crippen LogP contribution in [0.4, 0.5) is 10.5 Å². The lowest BCUT2D eigenvalue weighted by Gasteiger charge is -2.10. The normalized spacial score (nSPS) is 11.3. The van der Waals surface area contributed by atoms with Crippen molar-refractivity contribution >= 4 is 27.7 Å². The van der Waals surface area contributed by atoms with Gasteiger partial charge in [-0.1, -0.05) is 13.8 Å². The predicted octanol–water partition coefficient (Wildman–Crippen LogP) is 2.00. The zero-order chi connectivity index (χ0) is 18.9. The van der Waals surface area contributed by atoms with E-state index in [9.17, 15) is 18.0 Å². The molecule has 9 heteroatoms. The average molecular weight is 371 g/mol. The molecular formula is C16H25N3O5S. The van der Waals surface area contributed by atoms with Crippen LogP contribution in [0.25, 0.3) is 0 Å². The van der Waals surface area contributed by atoms with E-state index >= 15 is 0 Å². The van der Waals surface area contributed by atoms with Crippen LogP contribution in [-0.2, 0) is 14.8 Å². The van der Waals surface area contributed by atoms with E-state index in [1.807, 2.05) is 13.8 Å². The summed E-state index contributed by atoms with van der Waals surface area (Å²) in [6, 6.07) is 5.34. The minimum absolute atomic E-state index is 0.0172. The summed E-state index contributed by atoms with van der Waals surface area (Å²) in [5, 5.41) is 13.6. The van der Waals surface area contributed by atoms with Gasteiger partial charge in [0.05, 0.1) is 4.90 Å². The summed E-state index contributed by atoms with van der Waals surface area (Å²) in [7, 11) is -3.56. The van der Waals surface area contributed by atoms with Gasteiger partial charge in [-0.3, -0.25) is 4.79 Å². The summed E-state index contributed by atoms with van der Waals surface area (Å²) < 4.78 is 26.8. The number of aliphatic carboxylic acids is 1. The van der Waals surface area contributed by atoms with Gasteiger partial charge in [0.1, 0.15) is 0 Å². The van der Waals surface area contributed by atoms with Gasteiger partial charge < -0.3 is 15.7 Å². The first-order valence-corrected chi connectivity index (χ1v) is 9.55. The summed E-state index contributed by atoms with van der Waals surface area (Å²) in [5.41, 5.74) is 0.442. The predicted molar refractivity (Wildman–Crippen MR) is 95.0 cm³/mol. The molecule has 0 fully saturated rings. The highest BCUT2D eigenvalue weighted by Gasteiger charge is 2.13. The van der Waals surface area contributed by atoms with Crippen LogP contribution in [0.1, 0.15) is 33.1 Å². The van der Waals surface area contributed by atoms with Crippen molar-refractivity contribution in [1.29, 1.82) is 0 Å². The van der Waals surface area contributed by atoms with E-state index in [4.69, 9.17) is 5.11 Å². The Hall–Kier alpha value is -2.13. The number of urea groups is 1. The van der Waals surface area contributed by atoms with Crippen LogP contribution < -0.4 is 15.4 Å². The van der Waals surface area contributed by atoms with Crippen LogP contribution in [0, 0.1) is 5.92 Å². The summed E-state index contributed by atoms with van der Waals surface area (Å²) in [6.45, 7) is 4.64. The van der Waals surface area contributed by atoms with Gasteiger partial charge >= 0.3 is 12.0 Å². The number of rotatable bonds is 10. The van der Waals surface area contributed by atoms with Crippen molar-refractivity contribution in [2.75, 3.05) is 18.4 Å². The number of carboxylic acid groups (broad SMARTS) is 1. The summed E-state index contributed by atoms with van der Waals surface area (Å²) in [4.78, 5) is 22.1. The van der Waals surface area contributed by atoms with Gasteiger partial charge in [-0.05, 0) is 43.0 Å². The molecule has 0 saturated heterocycles. The van der Waals surface area contributed by atoms with Crippen LogP contribution in [0.15, 0.2) is 29.2 Å². The molecule has 0 unspecified atom stereocenters. The molecule has 0 aliphatic rings. The van der Waals surface area contributed by atoms with E-state index < -0.39 is 22.0 Å². The lowest BCUT2D eigenvalue weighted by Crippen LogP contribution is -2.29. The molecule has 0 saturated carbocycles. The average Bonchev–Trinajstić information content (AvgIpc) is 2.51. The summed E-state index contributed by atoms with van der Waals surface area (Å²) in [6.07, 6.45) is 1.07. The molecule has 1 aromatic carbocycles. The fraction of sp³-hybridized carbons (Fsp3) is 0.500. The second kappa shape index (κ2) is 10.00. The van der Waals surface area contributed by atoms with Crippen LogP contribution in [0.5, 0.6) is 0 Å². The van der Waals surface area contributed by atoms with Gasteiger partial charge in [-0.15, -0.1) is 0 Å². The molecule has 1 rings (SSSR count). The molecule has 1 aromatic rings. The Morgan fingerprint density at radius 3 is 2.32 bits per heavy atom. The van der Waals surface area contributed by atoms with Gasteiger partial charge in [-0.25, -0.2) is 17.9 Å². The molecule has 2 amide bonds. The highest BCUT2D eigenvalue weighted by molar-refractivity contribution is 7.89. The number of carbonyl (C=O) groups excluding carboxylic acids is 1. The SMILES string of the molecule is CC(C)CCNS(=O)(=O)c1ccc(NC(=O)NCCCC(=O)O)cc1. The van der Waals surface area contributed by atoms with Gasteiger partial charge in [-0.2, -0.15) is 0 Å².